The summed E-state index contributed by atoms with van der Waals surface area (Å²) in [4.78, 5) is 12.8. The number of nitrogens with zero attached hydrogens (tertiary/aromatic N) is 1. The minimum absolute atomic E-state index is 0.417. The van der Waals surface area contributed by atoms with E-state index in [1.54, 1.807) is 0 Å². The molecule has 0 aliphatic rings. The van der Waals surface area contributed by atoms with Crippen LogP contribution in [0, 0.1) is 23.0 Å². The first-order chi connectivity index (χ1) is 14.2. The molecule has 0 bridgehead atoms. The highest BCUT2D eigenvalue weighted by molar-refractivity contribution is 7.91. The molecule has 0 radical (unpaired) electrons. The Balaban J connectivity index is 2.54. The van der Waals surface area contributed by atoms with E-state index in [2.05, 4.69) is 0 Å². The van der Waals surface area contributed by atoms with Gasteiger partial charge in [-0.25, -0.2) is 17.2 Å². The highest BCUT2D eigenvalue weighted by Crippen LogP contribution is 2.34. The lowest BCUT2D eigenvalue weighted by Gasteiger charge is -2.27. The fourth-order valence-electron chi connectivity index (χ4n) is 2.64. The van der Waals surface area contributed by atoms with Crippen LogP contribution in [0.15, 0.2) is 36.4 Å². The van der Waals surface area contributed by atoms with Crippen molar-refractivity contribution in [1.29, 1.82) is 5.26 Å². The number of benzene rings is 2. The molecule has 12 heteroatoms. The summed E-state index contributed by atoms with van der Waals surface area (Å²) in [6.07, 6.45) is -4.94. The van der Waals surface area contributed by atoms with Crippen LogP contribution in [0.25, 0.3) is 0 Å². The number of amides is 1. The number of hydrogen-bond donors (Lipinski definition) is 2. The number of carbonyl (C=O) groups is 1. The SMILES string of the molecule is CCS(=O)(=O)CC(O)(C(=O)Nc1ccc(C#N)c(C(F)(F)F)c1)c1ccc(F)c(F)c1. The van der Waals surface area contributed by atoms with Crippen LogP contribution in [-0.2, 0) is 26.4 Å². The summed E-state index contributed by atoms with van der Waals surface area (Å²) in [5, 5.41) is 21.6. The summed E-state index contributed by atoms with van der Waals surface area (Å²) in [7, 11) is -4.08. The van der Waals surface area contributed by atoms with Crippen LogP contribution >= 0.6 is 0 Å². The highest BCUT2D eigenvalue weighted by Gasteiger charge is 2.43. The van der Waals surface area contributed by atoms with Crippen molar-refractivity contribution in [2.24, 2.45) is 0 Å². The van der Waals surface area contributed by atoms with E-state index < -0.39 is 73.0 Å². The van der Waals surface area contributed by atoms with Gasteiger partial charge < -0.3 is 10.4 Å². The number of anilines is 1. The third-order valence-electron chi connectivity index (χ3n) is 4.34. The molecule has 0 saturated carbocycles. The van der Waals surface area contributed by atoms with Crippen molar-refractivity contribution in [3.63, 3.8) is 0 Å². The van der Waals surface area contributed by atoms with Crippen LogP contribution in [0.4, 0.5) is 27.6 Å². The number of alkyl halides is 3. The van der Waals surface area contributed by atoms with Crippen molar-refractivity contribution in [2.75, 3.05) is 16.8 Å². The second-order valence-corrected chi connectivity index (χ2v) is 8.84. The lowest BCUT2D eigenvalue weighted by atomic mass is 9.94. The van der Waals surface area contributed by atoms with Crippen LogP contribution in [0.5, 0.6) is 0 Å². The van der Waals surface area contributed by atoms with Crippen molar-refractivity contribution < 1.29 is 40.3 Å². The quantitative estimate of drug-likeness (QED) is 0.642. The van der Waals surface area contributed by atoms with Gasteiger partial charge in [-0.15, -0.1) is 0 Å². The van der Waals surface area contributed by atoms with Gasteiger partial charge in [-0.2, -0.15) is 18.4 Å². The van der Waals surface area contributed by atoms with E-state index in [0.717, 1.165) is 18.2 Å². The van der Waals surface area contributed by atoms with Gasteiger partial charge in [0.2, 0.25) is 0 Å². The van der Waals surface area contributed by atoms with E-state index in [0.29, 0.717) is 18.2 Å². The molecule has 1 unspecified atom stereocenters. The number of hydrogen-bond acceptors (Lipinski definition) is 5. The molecule has 0 spiro atoms. The standard InChI is InChI=1S/C19H15F5N2O4S/c1-2-31(29,30)10-18(28,12-4-6-15(20)16(21)7-12)17(27)26-13-5-3-11(9-25)14(8-13)19(22,23)24/h3-8,28H,2,10H2,1H3,(H,26,27). The van der Waals surface area contributed by atoms with Crippen LogP contribution in [-0.4, -0.2) is 30.9 Å². The Labute approximate surface area is 173 Å². The van der Waals surface area contributed by atoms with Gasteiger partial charge >= 0.3 is 6.18 Å². The first-order valence-electron chi connectivity index (χ1n) is 8.54. The molecule has 0 aromatic heterocycles. The van der Waals surface area contributed by atoms with Crippen LogP contribution < -0.4 is 5.32 Å². The maximum Gasteiger partial charge on any atom is 0.417 e. The number of sulfone groups is 1. The Morgan fingerprint density at radius 2 is 1.77 bits per heavy atom. The largest absolute Gasteiger partial charge is 0.417 e. The zero-order chi connectivity index (χ0) is 23.6. The molecule has 0 fully saturated rings. The predicted octanol–water partition coefficient (Wildman–Crippen LogP) is 3.12. The van der Waals surface area contributed by atoms with E-state index in [-0.39, 0.29) is 0 Å². The average molecular weight is 462 g/mol. The molecular weight excluding hydrogens is 447 g/mol. The molecule has 0 aliphatic carbocycles. The minimum Gasteiger partial charge on any atom is -0.374 e. The van der Waals surface area contributed by atoms with Gasteiger partial charge in [0.25, 0.3) is 5.91 Å². The molecule has 1 atom stereocenters. The molecule has 1 amide bonds. The Morgan fingerprint density at radius 1 is 1.13 bits per heavy atom. The molecule has 2 N–H and O–H groups in total. The van der Waals surface area contributed by atoms with Gasteiger partial charge in [-0.05, 0) is 35.9 Å². The number of halogens is 5. The number of aliphatic hydroxyl groups is 1. The lowest BCUT2D eigenvalue weighted by molar-refractivity contribution is -0.138. The van der Waals surface area contributed by atoms with E-state index in [1.165, 1.54) is 13.0 Å². The van der Waals surface area contributed by atoms with Crippen molar-refractivity contribution in [1.82, 2.24) is 0 Å². The lowest BCUT2D eigenvalue weighted by Crippen LogP contribution is -2.46. The van der Waals surface area contributed by atoms with Crippen molar-refractivity contribution in [2.45, 2.75) is 18.7 Å². The van der Waals surface area contributed by atoms with Crippen LogP contribution in [0.3, 0.4) is 0 Å². The van der Waals surface area contributed by atoms with Crippen LogP contribution in [0.1, 0.15) is 23.6 Å². The summed E-state index contributed by atoms with van der Waals surface area (Å²) in [5.41, 5.74) is -6.17. The molecular formula is C19H15F5N2O4S. The van der Waals surface area contributed by atoms with E-state index in [4.69, 9.17) is 5.26 Å². The fourth-order valence-corrected chi connectivity index (χ4v) is 3.78. The third kappa shape index (κ3) is 5.36. The Kier molecular flexibility index (Phi) is 6.72. The zero-order valence-corrected chi connectivity index (χ0v) is 16.6. The van der Waals surface area contributed by atoms with Gasteiger partial charge in [0.1, 0.15) is 0 Å². The number of carbonyl (C=O) groups excluding carboxylic acids is 1. The van der Waals surface area contributed by atoms with Crippen molar-refractivity contribution in [3.8, 4) is 6.07 Å². The van der Waals surface area contributed by atoms with E-state index >= 15 is 0 Å². The maximum atomic E-state index is 13.7. The molecule has 31 heavy (non-hydrogen) atoms. The monoisotopic (exact) mass is 462 g/mol. The van der Waals surface area contributed by atoms with Gasteiger partial charge in [0, 0.05) is 11.4 Å². The molecule has 166 valence electrons. The summed E-state index contributed by atoms with van der Waals surface area (Å²) in [6, 6.07) is 5.25. The molecule has 0 heterocycles. The third-order valence-corrected chi connectivity index (χ3v) is 6.08. The molecule has 2 aromatic rings. The van der Waals surface area contributed by atoms with Gasteiger partial charge in [0.15, 0.2) is 27.1 Å². The number of rotatable bonds is 6. The van der Waals surface area contributed by atoms with Crippen molar-refractivity contribution >= 4 is 21.4 Å². The molecule has 0 aliphatic heterocycles. The summed E-state index contributed by atoms with van der Waals surface area (Å²) in [5.74, 6) is -6.05. The zero-order valence-electron chi connectivity index (χ0n) is 15.8. The Hall–Kier alpha value is -3.04. The Bertz CT molecular complexity index is 1160. The predicted molar refractivity (Wildman–Crippen MR) is 99.4 cm³/mol. The second-order valence-electron chi connectivity index (χ2n) is 6.49. The molecule has 2 aromatic carbocycles. The van der Waals surface area contributed by atoms with Crippen molar-refractivity contribution in [3.05, 3.63) is 64.7 Å². The fraction of sp³-hybridized carbons (Fsp3) is 0.263. The smallest absolute Gasteiger partial charge is 0.374 e. The first-order valence-corrected chi connectivity index (χ1v) is 10.4. The summed E-state index contributed by atoms with van der Waals surface area (Å²) in [6.45, 7) is 1.22. The number of nitrogens with one attached hydrogen (secondary N) is 1. The van der Waals surface area contributed by atoms with Gasteiger partial charge in [-0.1, -0.05) is 13.0 Å². The maximum absolute atomic E-state index is 13.7. The van der Waals surface area contributed by atoms with Gasteiger partial charge in [0.05, 0.1) is 22.9 Å². The van der Waals surface area contributed by atoms with E-state index in [9.17, 15) is 40.3 Å². The van der Waals surface area contributed by atoms with Gasteiger partial charge in [-0.3, -0.25) is 4.79 Å². The molecule has 0 saturated heterocycles. The molecule has 6 nitrogen and oxygen atoms in total. The normalized spacial score (nSPS) is 13.9. The topological polar surface area (TPSA) is 107 Å². The summed E-state index contributed by atoms with van der Waals surface area (Å²) < 4.78 is 90.5. The summed E-state index contributed by atoms with van der Waals surface area (Å²) >= 11 is 0. The Morgan fingerprint density at radius 3 is 2.29 bits per heavy atom. The second kappa shape index (κ2) is 8.60. The molecule has 2 rings (SSSR count). The highest BCUT2D eigenvalue weighted by atomic mass is 32.2. The first kappa shape index (κ1) is 24.2. The van der Waals surface area contributed by atoms with E-state index in [1.807, 2.05) is 5.32 Å². The van der Waals surface area contributed by atoms with Crippen LogP contribution in [0.2, 0.25) is 0 Å². The number of nitriles is 1. The average Bonchev–Trinajstić information content (AvgIpc) is 2.68. The minimum atomic E-state index is -4.94.